The Kier molecular flexibility index (Phi) is 23.8. The van der Waals surface area contributed by atoms with E-state index in [2.05, 4.69) is 12.2 Å². The molecule has 0 amide bonds. The molecule has 3 heteroatoms. The second-order valence-corrected chi connectivity index (χ2v) is 1.00. The Bertz CT molecular complexity index is 68.5. The summed E-state index contributed by atoms with van der Waals surface area (Å²) in [7, 11) is 0. The van der Waals surface area contributed by atoms with Crippen molar-refractivity contribution in [2.24, 2.45) is 0 Å². The Morgan fingerprint density at radius 1 is 1.25 bits per heavy atom. The summed E-state index contributed by atoms with van der Waals surface area (Å²) in [6.45, 7) is 0. The number of hydrogen-bond acceptors (Lipinski definition) is 0. The van der Waals surface area contributed by atoms with Crippen LogP contribution in [0.15, 0.2) is 18.2 Å². The van der Waals surface area contributed by atoms with Crippen LogP contribution in [0.1, 0.15) is 6.42 Å². The Morgan fingerprint density at radius 3 is 2.00 bits per heavy atom. The number of rotatable bonds is 0. The zero-order valence-electron chi connectivity index (χ0n) is 4.20. The second-order valence-electron chi connectivity index (χ2n) is 1.00. The number of hydrogen-bond donors (Lipinski definition) is 0. The van der Waals surface area contributed by atoms with Crippen LogP contribution in [0.5, 0.6) is 0 Å². The summed E-state index contributed by atoms with van der Waals surface area (Å²) in [5.41, 5.74) is 0. The van der Waals surface area contributed by atoms with Gasteiger partial charge < -0.3 is 48.0 Å². The first kappa shape index (κ1) is 16.4. The minimum absolute atomic E-state index is 0. The molecular formula is C5H5HfI2-3. The van der Waals surface area contributed by atoms with E-state index in [1.54, 1.807) is 0 Å². The predicted octanol–water partition coefficient (Wildman–Crippen LogP) is -4.69. The van der Waals surface area contributed by atoms with Gasteiger partial charge in [-0.25, -0.2) is 12.2 Å². The van der Waals surface area contributed by atoms with Crippen LogP contribution >= 0.6 is 0 Å². The molecule has 0 unspecified atom stereocenters. The maximum Gasteiger partial charge on any atom is 0 e. The SMILES string of the molecule is [C-]1=CC=CC1.[Hf].[I-].[I-]. The molecule has 0 nitrogen and oxygen atoms in total. The third kappa shape index (κ3) is 7.81. The van der Waals surface area contributed by atoms with Crippen molar-refractivity contribution in [3.63, 3.8) is 0 Å². The molecule has 0 bridgehead atoms. The van der Waals surface area contributed by atoms with Gasteiger partial charge in [-0.05, 0) is 0 Å². The molecule has 0 spiro atoms. The summed E-state index contributed by atoms with van der Waals surface area (Å²) in [6.07, 6.45) is 10.0. The monoisotopic (exact) mass is 499 g/mol. The Balaban J connectivity index is -0.0000000833. The van der Waals surface area contributed by atoms with E-state index in [0.29, 0.717) is 0 Å². The van der Waals surface area contributed by atoms with Crippen molar-refractivity contribution < 1.29 is 73.8 Å². The molecule has 0 aromatic rings. The standard InChI is InChI=1S/C5H5.Hf.2HI/c1-2-4-5-3-1;;;/h1-3H,4H2;;2*1H/q-1;;;/p-2. The maximum atomic E-state index is 2.99. The van der Waals surface area contributed by atoms with Gasteiger partial charge in [-0.1, -0.05) is 0 Å². The average molecular weight is 497 g/mol. The van der Waals surface area contributed by atoms with Gasteiger partial charge in [0.2, 0.25) is 0 Å². The van der Waals surface area contributed by atoms with Crippen LogP contribution in [-0.2, 0) is 25.8 Å². The minimum Gasteiger partial charge on any atom is -1.00 e. The van der Waals surface area contributed by atoms with Crippen molar-refractivity contribution in [3.05, 3.63) is 24.3 Å². The summed E-state index contributed by atoms with van der Waals surface area (Å²) >= 11 is 0. The van der Waals surface area contributed by atoms with E-state index in [9.17, 15) is 0 Å². The molecule has 0 saturated heterocycles. The zero-order chi connectivity index (χ0) is 3.54. The largest absolute Gasteiger partial charge is 1.00 e. The van der Waals surface area contributed by atoms with E-state index in [1.807, 2.05) is 12.2 Å². The molecule has 0 aromatic heterocycles. The van der Waals surface area contributed by atoms with Crippen LogP contribution in [0.3, 0.4) is 0 Å². The van der Waals surface area contributed by atoms with Crippen LogP contribution in [0, 0.1) is 6.08 Å². The fraction of sp³-hybridized carbons (Fsp3) is 0.200. The first-order chi connectivity index (χ1) is 2.50. The number of halogens is 2. The Morgan fingerprint density at radius 2 is 1.88 bits per heavy atom. The van der Waals surface area contributed by atoms with Crippen LogP contribution in [0.4, 0.5) is 0 Å². The first-order valence-electron chi connectivity index (χ1n) is 1.72. The molecule has 0 saturated carbocycles. The molecule has 0 radical (unpaired) electrons. The van der Waals surface area contributed by atoms with Crippen molar-refractivity contribution in [1.29, 1.82) is 0 Å². The van der Waals surface area contributed by atoms with Crippen LogP contribution in [0.2, 0.25) is 0 Å². The van der Waals surface area contributed by atoms with Gasteiger partial charge in [0.15, 0.2) is 0 Å². The van der Waals surface area contributed by atoms with Crippen LogP contribution in [0.25, 0.3) is 0 Å². The Labute approximate surface area is 103 Å². The molecule has 1 aliphatic rings. The summed E-state index contributed by atoms with van der Waals surface area (Å²) in [4.78, 5) is 0. The second kappa shape index (κ2) is 11.6. The van der Waals surface area contributed by atoms with Gasteiger partial charge in [-0.3, -0.25) is 6.08 Å². The predicted molar refractivity (Wildman–Crippen MR) is 21.6 cm³/mol. The fourth-order valence-corrected chi connectivity index (χ4v) is 0.340. The summed E-state index contributed by atoms with van der Waals surface area (Å²) in [6, 6.07) is 0. The molecule has 0 aromatic carbocycles. The number of allylic oxidation sites excluding steroid dienone is 4. The van der Waals surface area contributed by atoms with Gasteiger partial charge in [0, 0.05) is 25.8 Å². The van der Waals surface area contributed by atoms with Gasteiger partial charge in [-0.15, -0.1) is 6.42 Å². The molecule has 0 fully saturated rings. The maximum absolute atomic E-state index is 2.99. The molecule has 8 heavy (non-hydrogen) atoms. The summed E-state index contributed by atoms with van der Waals surface area (Å²) < 4.78 is 0. The summed E-state index contributed by atoms with van der Waals surface area (Å²) in [5, 5.41) is 0. The molecule has 0 atom stereocenters. The van der Waals surface area contributed by atoms with Gasteiger partial charge in [0.25, 0.3) is 0 Å². The quantitative estimate of drug-likeness (QED) is 0.180. The van der Waals surface area contributed by atoms with E-state index in [1.165, 1.54) is 0 Å². The zero-order valence-corrected chi connectivity index (χ0v) is 12.1. The molecule has 1 aliphatic carbocycles. The third-order valence-corrected chi connectivity index (χ3v) is 0.586. The topological polar surface area (TPSA) is 0 Å². The van der Waals surface area contributed by atoms with Crippen LogP contribution in [-0.4, -0.2) is 0 Å². The molecule has 0 heterocycles. The van der Waals surface area contributed by atoms with Crippen molar-refractivity contribution in [2.75, 3.05) is 0 Å². The molecular weight excluding hydrogens is 492 g/mol. The van der Waals surface area contributed by atoms with E-state index < -0.39 is 0 Å². The van der Waals surface area contributed by atoms with Gasteiger partial charge in [-0.2, -0.15) is 6.08 Å². The van der Waals surface area contributed by atoms with Gasteiger partial charge in [0.05, 0.1) is 0 Å². The van der Waals surface area contributed by atoms with E-state index >= 15 is 0 Å². The normalized spacial score (nSPS) is 11.0. The van der Waals surface area contributed by atoms with Gasteiger partial charge in [0.1, 0.15) is 0 Å². The Hall–Kier alpha value is 1.81. The van der Waals surface area contributed by atoms with E-state index in [-0.39, 0.29) is 73.8 Å². The minimum atomic E-state index is 0. The smallest absolute Gasteiger partial charge is 0 e. The fourth-order valence-electron chi connectivity index (χ4n) is 0.340. The van der Waals surface area contributed by atoms with Crippen molar-refractivity contribution in [2.45, 2.75) is 6.42 Å². The van der Waals surface area contributed by atoms with Crippen molar-refractivity contribution >= 4 is 0 Å². The average Bonchev–Trinajstić information content (AvgIpc) is 1.76. The molecule has 1 rings (SSSR count). The van der Waals surface area contributed by atoms with E-state index in [4.69, 9.17) is 0 Å². The molecule has 46 valence electrons. The van der Waals surface area contributed by atoms with Crippen molar-refractivity contribution in [1.82, 2.24) is 0 Å². The molecule has 0 aliphatic heterocycles. The van der Waals surface area contributed by atoms with Crippen LogP contribution < -0.4 is 48.0 Å². The van der Waals surface area contributed by atoms with E-state index in [0.717, 1.165) is 6.42 Å². The first-order valence-corrected chi connectivity index (χ1v) is 1.72. The molecule has 0 N–H and O–H groups in total. The van der Waals surface area contributed by atoms with Crippen molar-refractivity contribution in [3.8, 4) is 0 Å². The summed E-state index contributed by atoms with van der Waals surface area (Å²) in [5.74, 6) is 0. The third-order valence-electron chi connectivity index (χ3n) is 0.586. The van der Waals surface area contributed by atoms with Gasteiger partial charge >= 0.3 is 0 Å².